The molecule has 0 amide bonds. The Labute approximate surface area is 103 Å². The van der Waals surface area contributed by atoms with Crippen molar-refractivity contribution in [2.45, 2.75) is 24.0 Å². The lowest BCUT2D eigenvalue weighted by Gasteiger charge is -2.12. The van der Waals surface area contributed by atoms with E-state index in [2.05, 4.69) is 9.71 Å². The van der Waals surface area contributed by atoms with Gasteiger partial charge in [-0.15, -0.1) is 0 Å². The molecule has 1 aliphatic rings. The highest BCUT2D eigenvalue weighted by Crippen LogP contribution is 2.43. The fourth-order valence-corrected chi connectivity index (χ4v) is 4.09. The summed E-state index contributed by atoms with van der Waals surface area (Å²) in [5.74, 6) is 0. The molecule has 1 saturated carbocycles. The zero-order valence-corrected chi connectivity index (χ0v) is 11.1. The molecular formula is C9H15N3O3S2. The van der Waals surface area contributed by atoms with Crippen LogP contribution in [0.25, 0.3) is 0 Å². The first kappa shape index (κ1) is 12.7. The lowest BCUT2D eigenvalue weighted by molar-refractivity contribution is 0.501. The van der Waals surface area contributed by atoms with Gasteiger partial charge in [0.25, 0.3) is 10.0 Å². The van der Waals surface area contributed by atoms with Crippen LogP contribution in [0.3, 0.4) is 0 Å². The second kappa shape index (κ2) is 4.20. The molecular weight excluding hydrogens is 262 g/mol. The van der Waals surface area contributed by atoms with E-state index in [0.29, 0.717) is 30.1 Å². The van der Waals surface area contributed by atoms with Gasteiger partial charge in [-0.3, -0.25) is 4.79 Å². The molecule has 1 fully saturated rings. The third-order valence-corrected chi connectivity index (χ3v) is 6.06. The molecule has 2 rings (SSSR count). The molecule has 1 heterocycles. The summed E-state index contributed by atoms with van der Waals surface area (Å²) < 4.78 is 26.5. The van der Waals surface area contributed by atoms with E-state index in [9.17, 15) is 13.2 Å². The Morgan fingerprint density at radius 1 is 1.53 bits per heavy atom. The SMILES string of the molecule is Cc1[nH]c(=O)sc1S(=O)(=O)NCC1(CN)CC1. The van der Waals surface area contributed by atoms with Crippen molar-refractivity contribution >= 4 is 21.4 Å². The molecule has 0 unspecified atom stereocenters. The van der Waals surface area contributed by atoms with Gasteiger partial charge in [-0.1, -0.05) is 11.3 Å². The standard InChI is InChI=1S/C9H15N3O3S2/c1-6-7(16-8(13)12-6)17(14,15)11-5-9(4-10)2-3-9/h11H,2-5,10H2,1H3,(H,12,13). The zero-order valence-electron chi connectivity index (χ0n) is 9.45. The number of aryl methyl sites for hydroxylation is 1. The molecule has 0 aromatic carbocycles. The molecule has 0 saturated heterocycles. The quantitative estimate of drug-likeness (QED) is 0.691. The van der Waals surface area contributed by atoms with E-state index in [0.717, 1.165) is 12.8 Å². The van der Waals surface area contributed by atoms with Gasteiger partial charge in [-0.25, -0.2) is 13.1 Å². The van der Waals surface area contributed by atoms with Crippen LogP contribution in [-0.4, -0.2) is 26.5 Å². The number of thiazole rings is 1. The molecule has 0 spiro atoms. The molecule has 1 aromatic heterocycles. The van der Waals surface area contributed by atoms with Crippen molar-refractivity contribution in [1.82, 2.24) is 9.71 Å². The van der Waals surface area contributed by atoms with Gasteiger partial charge in [0.2, 0.25) is 0 Å². The smallest absolute Gasteiger partial charge is 0.305 e. The van der Waals surface area contributed by atoms with Crippen LogP contribution in [0, 0.1) is 12.3 Å². The lowest BCUT2D eigenvalue weighted by atomic mass is 10.1. The van der Waals surface area contributed by atoms with Gasteiger partial charge in [-0.05, 0) is 31.7 Å². The number of H-pyrrole nitrogens is 1. The Bertz CT molecular complexity index is 569. The van der Waals surface area contributed by atoms with Gasteiger partial charge in [-0.2, -0.15) is 0 Å². The van der Waals surface area contributed by atoms with Crippen LogP contribution in [0.2, 0.25) is 0 Å². The van der Waals surface area contributed by atoms with Gasteiger partial charge in [0, 0.05) is 12.2 Å². The van der Waals surface area contributed by atoms with Crippen LogP contribution in [0.15, 0.2) is 9.00 Å². The third-order valence-electron chi connectivity index (χ3n) is 3.05. The summed E-state index contributed by atoms with van der Waals surface area (Å²) in [7, 11) is -3.59. The van der Waals surface area contributed by atoms with Crippen molar-refractivity contribution in [2.24, 2.45) is 11.1 Å². The minimum absolute atomic E-state index is 0.0651. The second-order valence-electron chi connectivity index (χ2n) is 4.46. The maximum absolute atomic E-state index is 12.0. The molecule has 0 bridgehead atoms. The topological polar surface area (TPSA) is 105 Å². The second-order valence-corrected chi connectivity index (χ2v) is 7.40. The van der Waals surface area contributed by atoms with Gasteiger partial charge in [0.05, 0.1) is 0 Å². The highest BCUT2D eigenvalue weighted by molar-refractivity contribution is 7.91. The molecule has 6 nitrogen and oxygen atoms in total. The van der Waals surface area contributed by atoms with Gasteiger partial charge < -0.3 is 10.7 Å². The molecule has 96 valence electrons. The average Bonchev–Trinajstić information content (AvgIpc) is 2.96. The van der Waals surface area contributed by atoms with Crippen LogP contribution in [0.4, 0.5) is 0 Å². The van der Waals surface area contributed by atoms with Crippen LogP contribution < -0.4 is 15.3 Å². The molecule has 8 heteroatoms. The highest BCUT2D eigenvalue weighted by Gasteiger charge is 2.42. The Morgan fingerprint density at radius 2 is 2.18 bits per heavy atom. The summed E-state index contributed by atoms with van der Waals surface area (Å²) in [5, 5.41) is 0. The van der Waals surface area contributed by atoms with E-state index in [1.54, 1.807) is 6.92 Å². The van der Waals surface area contributed by atoms with Crippen LogP contribution in [0.1, 0.15) is 18.5 Å². The number of nitrogens with two attached hydrogens (primary N) is 1. The molecule has 0 aliphatic heterocycles. The molecule has 17 heavy (non-hydrogen) atoms. The minimum atomic E-state index is -3.59. The monoisotopic (exact) mass is 277 g/mol. The molecule has 1 aliphatic carbocycles. The van der Waals surface area contributed by atoms with Crippen LogP contribution in [-0.2, 0) is 10.0 Å². The van der Waals surface area contributed by atoms with Gasteiger partial charge >= 0.3 is 4.87 Å². The summed E-state index contributed by atoms with van der Waals surface area (Å²) in [6.45, 7) is 2.40. The van der Waals surface area contributed by atoms with Gasteiger partial charge in [0.1, 0.15) is 0 Å². The minimum Gasteiger partial charge on any atom is -0.330 e. The van der Waals surface area contributed by atoms with E-state index in [-0.39, 0.29) is 14.5 Å². The summed E-state index contributed by atoms with van der Waals surface area (Å²) in [6.07, 6.45) is 1.91. The van der Waals surface area contributed by atoms with E-state index in [1.807, 2.05) is 0 Å². The van der Waals surface area contributed by atoms with Crippen molar-refractivity contribution in [3.05, 3.63) is 15.4 Å². The fourth-order valence-electron chi connectivity index (χ4n) is 1.59. The first-order valence-electron chi connectivity index (χ1n) is 5.28. The maximum Gasteiger partial charge on any atom is 0.305 e. The van der Waals surface area contributed by atoms with Crippen molar-refractivity contribution in [1.29, 1.82) is 0 Å². The summed E-state index contributed by atoms with van der Waals surface area (Å²) in [4.78, 5) is 13.2. The Balaban J connectivity index is 2.14. The number of nitrogens with one attached hydrogen (secondary N) is 2. The number of hydrogen-bond donors (Lipinski definition) is 3. The Kier molecular flexibility index (Phi) is 3.15. The molecule has 0 radical (unpaired) electrons. The Hall–Kier alpha value is -0.700. The predicted octanol–water partition coefficient (Wildman–Crippen LogP) is -0.238. The lowest BCUT2D eigenvalue weighted by Crippen LogP contribution is -2.33. The predicted molar refractivity (Wildman–Crippen MR) is 65.6 cm³/mol. The summed E-state index contributed by atoms with van der Waals surface area (Å²) in [5.41, 5.74) is 5.89. The first-order valence-corrected chi connectivity index (χ1v) is 7.58. The van der Waals surface area contributed by atoms with E-state index >= 15 is 0 Å². The maximum atomic E-state index is 12.0. The van der Waals surface area contributed by atoms with E-state index in [1.165, 1.54) is 0 Å². The normalized spacial score (nSPS) is 18.2. The van der Waals surface area contributed by atoms with Crippen LogP contribution >= 0.6 is 11.3 Å². The average molecular weight is 277 g/mol. The van der Waals surface area contributed by atoms with Crippen molar-refractivity contribution in [3.63, 3.8) is 0 Å². The third kappa shape index (κ3) is 2.59. The van der Waals surface area contributed by atoms with Crippen molar-refractivity contribution in [3.8, 4) is 0 Å². The van der Waals surface area contributed by atoms with Gasteiger partial charge in [0.15, 0.2) is 4.21 Å². The summed E-state index contributed by atoms with van der Waals surface area (Å²) >= 11 is 0.707. The molecule has 0 atom stereocenters. The molecule has 1 aromatic rings. The van der Waals surface area contributed by atoms with E-state index in [4.69, 9.17) is 5.73 Å². The number of rotatable bonds is 5. The largest absolute Gasteiger partial charge is 0.330 e. The first-order chi connectivity index (χ1) is 7.88. The summed E-state index contributed by atoms with van der Waals surface area (Å²) in [6, 6.07) is 0. The van der Waals surface area contributed by atoms with Crippen molar-refractivity contribution < 1.29 is 8.42 Å². The fraction of sp³-hybridized carbons (Fsp3) is 0.667. The Morgan fingerprint density at radius 3 is 2.59 bits per heavy atom. The number of sulfonamides is 1. The zero-order chi connectivity index (χ0) is 12.7. The van der Waals surface area contributed by atoms with Crippen molar-refractivity contribution in [2.75, 3.05) is 13.1 Å². The van der Waals surface area contributed by atoms with Crippen LogP contribution in [0.5, 0.6) is 0 Å². The molecule has 4 N–H and O–H groups in total. The number of aromatic nitrogens is 1. The highest BCUT2D eigenvalue weighted by atomic mass is 32.2. The van der Waals surface area contributed by atoms with E-state index < -0.39 is 10.0 Å². The number of aromatic amines is 1. The number of hydrogen-bond acceptors (Lipinski definition) is 5.